The zero-order chi connectivity index (χ0) is 57.4. The summed E-state index contributed by atoms with van der Waals surface area (Å²) >= 11 is 0. The monoisotopic (exact) mass is 1120 g/mol. The number of nitrogens with two attached hydrogens (primary N) is 2. The number of carboxylic acid groups (broad SMARTS) is 4. The number of carbonyl (C=O) groups excluding carboxylic acids is 3. The Balaban J connectivity index is 1.59. The summed E-state index contributed by atoms with van der Waals surface area (Å²) in [5, 5.41) is 58.7. The number of nitrogens with one attached hydrogen (secondary N) is 6. The van der Waals surface area contributed by atoms with Gasteiger partial charge in [0, 0.05) is 37.4 Å². The number of alkyl halides is 3. The third kappa shape index (κ3) is 18.8. The van der Waals surface area contributed by atoms with E-state index in [0.717, 1.165) is 0 Å². The van der Waals surface area contributed by atoms with Gasteiger partial charge in [-0.25, -0.2) is 14.4 Å². The van der Waals surface area contributed by atoms with Crippen molar-refractivity contribution in [1.29, 1.82) is 10.8 Å². The van der Waals surface area contributed by atoms with Crippen LogP contribution in [0.5, 0.6) is 11.5 Å². The summed E-state index contributed by atoms with van der Waals surface area (Å²) in [6.07, 6.45) is -14.4. The Morgan fingerprint density at radius 2 is 0.987 bits per heavy atom. The van der Waals surface area contributed by atoms with Gasteiger partial charge >= 0.3 is 48.0 Å². The standard InChI is InChI=1S/C44H47F3N10O18S2/c45-44(46,47)41(68)75-34(57(33(38(64)65)21-36(60)61)77(71,72)53-23-25-5-17-31(18-6-25)74-40(67)27-9-13-29(14-10-27)55-43(50)51)2-1-19-56(32(37(62)63)20-35(58)59)76(69,70)52-22-24-3-15-30(16-4-24)73-39(66)26-7-11-28(12-8-26)54-42(48)49/h3-18,32-34,52-53H,1-2,19-23H2,(H,58,59)(H,60,61)(H,62,63)(H,64,65)(H4,48,49,54)(H4,50,51,55)/t32-,33-,34-/m0/s1. The molecule has 0 aliphatic heterocycles. The van der Waals surface area contributed by atoms with E-state index in [4.69, 9.17) is 31.8 Å². The van der Waals surface area contributed by atoms with Gasteiger partial charge in [-0.1, -0.05) is 24.3 Å². The number of hydrogen-bond donors (Lipinski definition) is 12. The fraction of sp³-hybridized carbons (Fsp3) is 0.250. The summed E-state index contributed by atoms with van der Waals surface area (Å²) in [4.78, 5) is 86.3. The van der Waals surface area contributed by atoms with E-state index in [-0.39, 0.29) is 50.0 Å². The number of carboxylic acids is 4. The van der Waals surface area contributed by atoms with Crippen molar-refractivity contribution < 1.29 is 98.2 Å². The summed E-state index contributed by atoms with van der Waals surface area (Å²) in [5.74, 6) is -14.0. The number of halogens is 3. The Morgan fingerprint density at radius 3 is 1.35 bits per heavy atom. The number of ether oxygens (including phenoxy) is 3. The topological polar surface area (TPSA) is 451 Å². The molecular weight excluding hydrogens is 1080 g/mol. The van der Waals surface area contributed by atoms with Gasteiger partial charge in [-0.15, -0.1) is 4.31 Å². The number of carbonyl (C=O) groups is 7. The van der Waals surface area contributed by atoms with Crippen LogP contribution in [0.25, 0.3) is 0 Å². The second kappa shape index (κ2) is 26.6. The molecule has 33 heteroatoms. The van der Waals surface area contributed by atoms with Crippen molar-refractivity contribution in [1.82, 2.24) is 18.1 Å². The van der Waals surface area contributed by atoms with Crippen LogP contribution in [0, 0.1) is 10.8 Å². The van der Waals surface area contributed by atoms with E-state index < -0.39 is 136 Å². The van der Waals surface area contributed by atoms with Gasteiger partial charge in [0.05, 0.1) is 24.0 Å². The molecule has 0 radical (unpaired) electrons. The van der Waals surface area contributed by atoms with Gasteiger partial charge in [-0.3, -0.25) is 30.0 Å². The second-order valence-corrected chi connectivity index (χ2v) is 19.2. The average Bonchev–Trinajstić information content (AvgIpc) is 3.33. The molecule has 0 amide bonds. The molecule has 0 saturated carbocycles. The maximum atomic E-state index is 14.0. The van der Waals surface area contributed by atoms with E-state index in [1.165, 1.54) is 97.1 Å². The fourth-order valence-corrected chi connectivity index (χ4v) is 9.47. The Kier molecular flexibility index (Phi) is 21.0. The number of aliphatic carboxylic acids is 4. The first-order valence-corrected chi connectivity index (χ1v) is 24.6. The first-order chi connectivity index (χ1) is 35.9. The first kappa shape index (κ1) is 60.8. The minimum atomic E-state index is -5.93. The molecular formula is C44H47F3N10O18S2. The molecule has 0 aliphatic rings. The molecule has 4 rings (SSSR count). The third-order valence-corrected chi connectivity index (χ3v) is 13.2. The minimum absolute atomic E-state index is 0.00378. The van der Waals surface area contributed by atoms with Crippen LogP contribution >= 0.6 is 0 Å². The summed E-state index contributed by atoms with van der Waals surface area (Å²) in [6.45, 7) is -2.76. The summed E-state index contributed by atoms with van der Waals surface area (Å²) in [5.41, 5.74) is 11.6. The Labute approximate surface area is 434 Å². The molecule has 0 aromatic heterocycles. The van der Waals surface area contributed by atoms with Crippen LogP contribution in [0.2, 0.25) is 0 Å². The molecule has 0 spiro atoms. The Bertz CT molecular complexity index is 3060. The molecule has 0 heterocycles. The molecule has 28 nitrogen and oxygen atoms in total. The van der Waals surface area contributed by atoms with Crippen molar-refractivity contribution in [2.24, 2.45) is 11.5 Å². The third-order valence-electron chi connectivity index (χ3n) is 10.1. The van der Waals surface area contributed by atoms with E-state index in [2.05, 4.69) is 15.4 Å². The molecule has 4 aromatic rings. The van der Waals surface area contributed by atoms with E-state index >= 15 is 0 Å². The van der Waals surface area contributed by atoms with Crippen molar-refractivity contribution in [3.8, 4) is 11.5 Å². The lowest BCUT2D eigenvalue weighted by Gasteiger charge is -2.34. The maximum absolute atomic E-state index is 14.0. The molecule has 77 heavy (non-hydrogen) atoms. The normalized spacial score (nSPS) is 12.8. The zero-order valence-electron chi connectivity index (χ0n) is 39.4. The van der Waals surface area contributed by atoms with Gasteiger partial charge in [-0.2, -0.15) is 43.8 Å². The van der Waals surface area contributed by atoms with Crippen LogP contribution in [-0.2, 0) is 62.2 Å². The highest BCUT2D eigenvalue weighted by Gasteiger charge is 2.48. The van der Waals surface area contributed by atoms with Gasteiger partial charge in [0.1, 0.15) is 23.6 Å². The van der Waals surface area contributed by atoms with Crippen molar-refractivity contribution in [2.75, 3.05) is 17.2 Å². The van der Waals surface area contributed by atoms with Crippen LogP contribution in [-0.4, -0.2) is 131 Å². The molecule has 0 aliphatic carbocycles. The number of hydrogen-bond acceptors (Lipinski definition) is 16. The predicted octanol–water partition coefficient (Wildman–Crippen LogP) is 1.78. The lowest BCUT2D eigenvalue weighted by molar-refractivity contribution is -0.211. The SMILES string of the molecule is N=C(N)Nc1ccc(C(=O)Oc2ccc(CNS(=O)(=O)N(CCC[C@H](OC(=O)C(F)(F)F)N([C@@H](CC(=O)O)C(=O)O)S(=O)(=O)NCc3ccc(OC(=O)c4ccc(NC(=N)N)cc4)cc3)[C@@H](CC(=O)O)C(=O)O)cc2)cc1. The van der Waals surface area contributed by atoms with Gasteiger partial charge in [0.2, 0.25) is 0 Å². The Hall–Kier alpha value is -8.76. The van der Waals surface area contributed by atoms with Gasteiger partial charge in [0.15, 0.2) is 18.1 Å². The minimum Gasteiger partial charge on any atom is -0.481 e. The largest absolute Gasteiger partial charge is 0.490 e. The first-order valence-electron chi connectivity index (χ1n) is 21.7. The number of esters is 3. The van der Waals surface area contributed by atoms with Crippen LogP contribution in [0.1, 0.15) is 57.5 Å². The molecule has 3 atom stereocenters. The number of benzene rings is 4. The van der Waals surface area contributed by atoms with E-state index in [0.29, 0.717) is 11.4 Å². The van der Waals surface area contributed by atoms with Crippen molar-refractivity contribution in [3.63, 3.8) is 0 Å². The highest BCUT2D eigenvalue weighted by atomic mass is 32.2. The van der Waals surface area contributed by atoms with Crippen molar-refractivity contribution in [3.05, 3.63) is 119 Å². The quantitative estimate of drug-likeness (QED) is 0.0127. The summed E-state index contributed by atoms with van der Waals surface area (Å²) in [6, 6.07) is 15.4. The van der Waals surface area contributed by atoms with Gasteiger partial charge < -0.3 is 56.7 Å². The lowest BCUT2D eigenvalue weighted by Crippen LogP contribution is -2.57. The zero-order valence-corrected chi connectivity index (χ0v) is 41.1. The van der Waals surface area contributed by atoms with Gasteiger partial charge in [0.25, 0.3) is 20.4 Å². The van der Waals surface area contributed by atoms with E-state index in [9.17, 15) is 84.0 Å². The van der Waals surface area contributed by atoms with Crippen LogP contribution in [0.3, 0.4) is 0 Å². The molecule has 414 valence electrons. The number of nitrogens with zero attached hydrogens (tertiary/aromatic N) is 2. The highest BCUT2D eigenvalue weighted by molar-refractivity contribution is 7.87. The van der Waals surface area contributed by atoms with Crippen LogP contribution in [0.15, 0.2) is 97.1 Å². The maximum Gasteiger partial charge on any atom is 0.490 e. The van der Waals surface area contributed by atoms with E-state index in [1.54, 1.807) is 0 Å². The average molecular weight is 1130 g/mol. The summed E-state index contributed by atoms with van der Waals surface area (Å²) in [7, 11) is -10.9. The smallest absolute Gasteiger partial charge is 0.481 e. The molecule has 4 aromatic carbocycles. The molecule has 0 saturated heterocycles. The van der Waals surface area contributed by atoms with Crippen LogP contribution < -0.4 is 41.0 Å². The molecule has 0 bridgehead atoms. The number of guanidine groups is 2. The molecule has 14 N–H and O–H groups in total. The number of anilines is 2. The molecule has 0 fully saturated rings. The fourth-order valence-electron chi connectivity index (χ4n) is 6.63. The highest BCUT2D eigenvalue weighted by Crippen LogP contribution is 2.27. The molecule has 0 unspecified atom stereocenters. The predicted molar refractivity (Wildman–Crippen MR) is 259 cm³/mol. The number of rotatable bonds is 28. The lowest BCUT2D eigenvalue weighted by atomic mass is 10.1. The van der Waals surface area contributed by atoms with Gasteiger partial charge in [-0.05, 0) is 90.3 Å². The Morgan fingerprint density at radius 1 is 0.597 bits per heavy atom. The van der Waals surface area contributed by atoms with Crippen molar-refractivity contribution in [2.45, 2.75) is 63.3 Å². The van der Waals surface area contributed by atoms with Crippen molar-refractivity contribution >= 4 is 85.5 Å². The second-order valence-electron chi connectivity index (χ2n) is 15.8. The van der Waals surface area contributed by atoms with E-state index in [1.807, 2.05) is 9.44 Å². The van der Waals surface area contributed by atoms with Crippen LogP contribution in [0.4, 0.5) is 24.5 Å². The summed E-state index contributed by atoms with van der Waals surface area (Å²) < 4.78 is 115.